The van der Waals surface area contributed by atoms with E-state index >= 15 is 0 Å². The van der Waals surface area contributed by atoms with Gasteiger partial charge in [-0.25, -0.2) is 0 Å². The number of nitrogens with zero attached hydrogens (tertiary/aromatic N) is 2. The maximum Gasteiger partial charge on any atom is 0.270 e. The van der Waals surface area contributed by atoms with Crippen molar-refractivity contribution in [2.24, 2.45) is 0 Å². The number of nitro groups is 2. The van der Waals surface area contributed by atoms with Gasteiger partial charge in [0.05, 0.1) is 17.0 Å². The number of methoxy groups -OCH3 is 1. The van der Waals surface area contributed by atoms with E-state index in [2.05, 4.69) is 0 Å². The van der Waals surface area contributed by atoms with Crippen LogP contribution in [0.15, 0.2) is 66.7 Å². The summed E-state index contributed by atoms with van der Waals surface area (Å²) in [6.45, 7) is 0.166. The molecule has 8 heteroatoms. The minimum Gasteiger partial charge on any atom is -0.497 e. The van der Waals surface area contributed by atoms with Gasteiger partial charge >= 0.3 is 0 Å². The molecule has 142 valence electrons. The standard InChI is InChI=1S/C20H16N2O6/c1-27-18-9-4-15(5-10-18)19-12-17(22(25)26)8-11-20(19)28-13-14-2-6-16(7-3-14)21(23)24/h2-12H,13H2,1H3. The molecule has 3 rings (SSSR count). The van der Waals surface area contributed by atoms with E-state index in [4.69, 9.17) is 9.47 Å². The third kappa shape index (κ3) is 4.24. The van der Waals surface area contributed by atoms with Gasteiger partial charge in [0.15, 0.2) is 0 Å². The van der Waals surface area contributed by atoms with E-state index in [-0.39, 0.29) is 18.0 Å². The van der Waals surface area contributed by atoms with Gasteiger partial charge in [-0.15, -0.1) is 0 Å². The van der Waals surface area contributed by atoms with E-state index in [1.807, 2.05) is 0 Å². The summed E-state index contributed by atoms with van der Waals surface area (Å²) in [5.74, 6) is 1.14. The molecule has 0 amide bonds. The molecule has 3 aromatic rings. The topological polar surface area (TPSA) is 105 Å². The minimum atomic E-state index is -0.469. The molecule has 0 aromatic heterocycles. The fourth-order valence-corrected chi connectivity index (χ4v) is 2.63. The number of hydrogen-bond acceptors (Lipinski definition) is 6. The summed E-state index contributed by atoms with van der Waals surface area (Å²) in [7, 11) is 1.56. The van der Waals surface area contributed by atoms with Gasteiger partial charge in [-0.2, -0.15) is 0 Å². The number of ether oxygens (including phenoxy) is 2. The lowest BCUT2D eigenvalue weighted by atomic mass is 10.0. The van der Waals surface area contributed by atoms with Crippen LogP contribution in [0.2, 0.25) is 0 Å². The molecule has 0 aliphatic rings. The normalized spacial score (nSPS) is 10.3. The SMILES string of the molecule is COc1ccc(-c2cc([N+](=O)[O-])ccc2OCc2ccc([N+](=O)[O-])cc2)cc1. The van der Waals surface area contributed by atoms with E-state index in [0.717, 1.165) is 11.1 Å². The number of nitro benzene ring substituents is 2. The average molecular weight is 380 g/mol. The highest BCUT2D eigenvalue weighted by atomic mass is 16.6. The molecule has 0 unspecified atom stereocenters. The predicted octanol–water partition coefficient (Wildman–Crippen LogP) is 4.76. The first kappa shape index (κ1) is 18.8. The summed E-state index contributed by atoms with van der Waals surface area (Å²) in [5.41, 5.74) is 2.00. The van der Waals surface area contributed by atoms with E-state index < -0.39 is 9.85 Å². The zero-order valence-corrected chi connectivity index (χ0v) is 14.9. The lowest BCUT2D eigenvalue weighted by molar-refractivity contribution is -0.385. The maximum atomic E-state index is 11.2. The fraction of sp³-hybridized carbons (Fsp3) is 0.100. The third-order valence-corrected chi connectivity index (χ3v) is 4.12. The Bertz CT molecular complexity index is 1000. The van der Waals surface area contributed by atoms with Crippen molar-refractivity contribution in [1.29, 1.82) is 0 Å². The van der Waals surface area contributed by atoms with E-state index in [1.54, 1.807) is 49.6 Å². The van der Waals surface area contributed by atoms with Crippen molar-refractivity contribution < 1.29 is 19.3 Å². The number of non-ortho nitro benzene ring substituents is 2. The first-order valence-corrected chi connectivity index (χ1v) is 8.27. The summed E-state index contributed by atoms with van der Waals surface area (Å²) in [6.07, 6.45) is 0. The molecule has 0 bridgehead atoms. The smallest absolute Gasteiger partial charge is 0.270 e. The Balaban J connectivity index is 1.88. The number of benzene rings is 3. The van der Waals surface area contributed by atoms with Crippen LogP contribution in [0.4, 0.5) is 11.4 Å². The Labute approximate surface area is 160 Å². The van der Waals surface area contributed by atoms with Crippen LogP contribution in [-0.2, 0) is 6.61 Å². The van der Waals surface area contributed by atoms with Crippen LogP contribution in [0, 0.1) is 20.2 Å². The van der Waals surface area contributed by atoms with E-state index in [0.29, 0.717) is 17.1 Å². The average Bonchev–Trinajstić information content (AvgIpc) is 2.72. The highest BCUT2D eigenvalue weighted by Gasteiger charge is 2.14. The largest absolute Gasteiger partial charge is 0.497 e. The first-order chi connectivity index (χ1) is 13.5. The molecule has 0 heterocycles. The van der Waals surface area contributed by atoms with Gasteiger partial charge in [0, 0.05) is 29.8 Å². The Hall–Kier alpha value is -3.94. The molecule has 0 aliphatic carbocycles. The molecule has 0 N–H and O–H groups in total. The van der Waals surface area contributed by atoms with Crippen molar-refractivity contribution in [3.63, 3.8) is 0 Å². The van der Waals surface area contributed by atoms with Crippen LogP contribution < -0.4 is 9.47 Å². The van der Waals surface area contributed by atoms with Gasteiger partial charge in [0.25, 0.3) is 11.4 Å². The maximum absolute atomic E-state index is 11.2. The molecule has 0 fully saturated rings. The molecule has 0 saturated carbocycles. The molecular weight excluding hydrogens is 364 g/mol. The molecule has 0 radical (unpaired) electrons. The van der Waals surface area contributed by atoms with Crippen LogP contribution >= 0.6 is 0 Å². The van der Waals surface area contributed by atoms with E-state index in [1.165, 1.54) is 24.3 Å². The van der Waals surface area contributed by atoms with Gasteiger partial charge in [-0.3, -0.25) is 20.2 Å². The number of hydrogen-bond donors (Lipinski definition) is 0. The van der Waals surface area contributed by atoms with Crippen LogP contribution in [0.25, 0.3) is 11.1 Å². The molecular formula is C20H16N2O6. The molecule has 0 atom stereocenters. The van der Waals surface area contributed by atoms with Crippen molar-refractivity contribution >= 4 is 11.4 Å². The zero-order valence-electron chi connectivity index (χ0n) is 14.9. The monoisotopic (exact) mass is 380 g/mol. The van der Waals surface area contributed by atoms with E-state index in [9.17, 15) is 20.2 Å². The molecule has 8 nitrogen and oxygen atoms in total. The lowest BCUT2D eigenvalue weighted by Gasteiger charge is -2.12. The van der Waals surface area contributed by atoms with Crippen LogP contribution in [0.1, 0.15) is 5.56 Å². The molecule has 0 spiro atoms. The highest BCUT2D eigenvalue weighted by Crippen LogP contribution is 2.34. The first-order valence-electron chi connectivity index (χ1n) is 8.27. The molecule has 28 heavy (non-hydrogen) atoms. The summed E-state index contributed by atoms with van der Waals surface area (Å²) >= 11 is 0. The minimum absolute atomic E-state index is 0.00184. The predicted molar refractivity (Wildman–Crippen MR) is 103 cm³/mol. The Morgan fingerprint density at radius 1 is 0.821 bits per heavy atom. The summed E-state index contributed by atoms with van der Waals surface area (Å²) in [5, 5.41) is 21.9. The molecule has 0 saturated heterocycles. The van der Waals surface area contributed by atoms with Gasteiger partial charge in [-0.05, 0) is 41.5 Å². The second-order valence-electron chi connectivity index (χ2n) is 5.88. The summed E-state index contributed by atoms with van der Waals surface area (Å²) < 4.78 is 11.0. The highest BCUT2D eigenvalue weighted by molar-refractivity contribution is 5.73. The van der Waals surface area contributed by atoms with Crippen molar-refractivity contribution in [3.8, 4) is 22.6 Å². The van der Waals surface area contributed by atoms with Gasteiger partial charge in [-0.1, -0.05) is 12.1 Å². The van der Waals surface area contributed by atoms with Crippen molar-refractivity contribution in [1.82, 2.24) is 0 Å². The third-order valence-electron chi connectivity index (χ3n) is 4.12. The zero-order chi connectivity index (χ0) is 20.1. The van der Waals surface area contributed by atoms with Crippen molar-refractivity contribution in [2.75, 3.05) is 7.11 Å². The Morgan fingerprint density at radius 2 is 1.43 bits per heavy atom. The van der Waals surface area contributed by atoms with Gasteiger partial charge in [0.2, 0.25) is 0 Å². The van der Waals surface area contributed by atoms with Crippen molar-refractivity contribution in [3.05, 3.63) is 92.5 Å². The van der Waals surface area contributed by atoms with Crippen LogP contribution in [0.3, 0.4) is 0 Å². The lowest BCUT2D eigenvalue weighted by Crippen LogP contribution is -1.99. The molecule has 0 aliphatic heterocycles. The second-order valence-corrected chi connectivity index (χ2v) is 5.88. The summed E-state index contributed by atoms with van der Waals surface area (Å²) in [4.78, 5) is 21.0. The van der Waals surface area contributed by atoms with Gasteiger partial charge in [0.1, 0.15) is 18.1 Å². The van der Waals surface area contributed by atoms with Crippen LogP contribution in [-0.4, -0.2) is 17.0 Å². The second kappa shape index (κ2) is 8.17. The molecule has 3 aromatic carbocycles. The van der Waals surface area contributed by atoms with Crippen LogP contribution in [0.5, 0.6) is 11.5 Å². The quantitative estimate of drug-likeness (QED) is 0.432. The number of rotatable bonds is 7. The Morgan fingerprint density at radius 3 is 2.00 bits per heavy atom. The van der Waals surface area contributed by atoms with Crippen molar-refractivity contribution in [2.45, 2.75) is 6.61 Å². The van der Waals surface area contributed by atoms with Gasteiger partial charge < -0.3 is 9.47 Å². The fourth-order valence-electron chi connectivity index (χ4n) is 2.63. The Kier molecular flexibility index (Phi) is 5.50. The summed E-state index contributed by atoms with van der Waals surface area (Å²) in [6, 6.07) is 17.5.